The zero-order valence-corrected chi connectivity index (χ0v) is 32.2. The van der Waals surface area contributed by atoms with Crippen LogP contribution in [0.5, 0.6) is 0 Å². The molecule has 0 spiro atoms. The van der Waals surface area contributed by atoms with Crippen LogP contribution in [0.3, 0.4) is 0 Å². The van der Waals surface area contributed by atoms with E-state index in [0.717, 1.165) is 70.6 Å². The molecule has 288 valence electrons. The Bertz CT molecular complexity index is 926. The Morgan fingerprint density at radius 2 is 1.16 bits per heavy atom. The quantitative estimate of drug-likeness (QED) is 0.0340. The molecule has 0 fully saturated rings. The van der Waals surface area contributed by atoms with Crippen molar-refractivity contribution in [2.45, 2.75) is 199 Å². The first-order chi connectivity index (χ1) is 24.4. The molecule has 0 heterocycles. The zero-order chi connectivity index (χ0) is 36.8. The van der Waals surface area contributed by atoms with Gasteiger partial charge in [-0.05, 0) is 96.1 Å². The van der Waals surface area contributed by atoms with Crippen molar-refractivity contribution in [2.24, 2.45) is 5.73 Å². The summed E-state index contributed by atoms with van der Waals surface area (Å²) < 4.78 is 5.91. The van der Waals surface area contributed by atoms with E-state index in [4.69, 9.17) is 10.5 Å². The van der Waals surface area contributed by atoms with Crippen LogP contribution in [-0.2, 0) is 19.1 Å². The van der Waals surface area contributed by atoms with Crippen molar-refractivity contribution in [3.8, 4) is 0 Å². The van der Waals surface area contributed by atoms with Crippen molar-refractivity contribution >= 4 is 17.8 Å². The number of ether oxygens (including phenoxy) is 1. The first kappa shape index (κ1) is 47.3. The van der Waals surface area contributed by atoms with Crippen LogP contribution in [0, 0.1) is 0 Å². The van der Waals surface area contributed by atoms with Gasteiger partial charge in [-0.15, -0.1) is 0 Å². The molecule has 1 amide bonds. The fourth-order valence-corrected chi connectivity index (χ4v) is 5.79. The topological polar surface area (TPSA) is 119 Å². The summed E-state index contributed by atoms with van der Waals surface area (Å²) in [5.41, 5.74) is 5.48. The molecule has 4 N–H and O–H groups in total. The lowest BCUT2D eigenvalue weighted by Crippen LogP contribution is -2.40. The van der Waals surface area contributed by atoms with Gasteiger partial charge in [-0.25, -0.2) is 4.79 Å². The van der Waals surface area contributed by atoms with Crippen LogP contribution in [0.4, 0.5) is 0 Å². The summed E-state index contributed by atoms with van der Waals surface area (Å²) in [6, 6.07) is -0.872. The third-order valence-electron chi connectivity index (χ3n) is 8.86. The number of rotatable bonds is 36. The normalized spacial score (nSPS) is 13.2. The average Bonchev–Trinajstić information content (AvgIpc) is 3.10. The number of nitrogens with two attached hydrogens (primary N) is 1. The third-order valence-corrected chi connectivity index (χ3v) is 8.86. The summed E-state index contributed by atoms with van der Waals surface area (Å²) >= 11 is 0. The fourth-order valence-electron chi connectivity index (χ4n) is 5.79. The minimum Gasteiger partial charge on any atom is -0.480 e. The Morgan fingerprint density at radius 1 is 0.620 bits per heavy atom. The highest BCUT2D eigenvalue weighted by Crippen LogP contribution is 2.15. The molecule has 7 heteroatoms. The number of hydrogen-bond donors (Lipinski definition) is 3. The number of unbranched alkanes of at least 4 members (excludes halogenated alkanes) is 16. The minimum absolute atomic E-state index is 0.0995. The van der Waals surface area contributed by atoms with Gasteiger partial charge in [0, 0.05) is 12.8 Å². The predicted octanol–water partition coefficient (Wildman–Crippen LogP) is 11.2. The van der Waals surface area contributed by atoms with Crippen LogP contribution in [-0.4, -0.2) is 41.6 Å². The molecular weight excluding hydrogens is 624 g/mol. The van der Waals surface area contributed by atoms with Gasteiger partial charge in [0.1, 0.15) is 12.1 Å². The van der Waals surface area contributed by atoms with Gasteiger partial charge in [-0.3, -0.25) is 9.59 Å². The Labute approximate surface area is 307 Å². The van der Waals surface area contributed by atoms with Gasteiger partial charge in [0.05, 0.1) is 0 Å². The van der Waals surface area contributed by atoms with Crippen LogP contribution < -0.4 is 11.1 Å². The van der Waals surface area contributed by atoms with Crippen LogP contribution in [0.15, 0.2) is 48.6 Å². The SMILES string of the molecule is CC/C=C\C/C=C\C/C=C\CCCCCCCCCC(=O)OC(/C=C\CCCCCCCC)CCCCCCC(=O)NC(CCCN)C(=O)O. The Morgan fingerprint density at radius 3 is 1.78 bits per heavy atom. The van der Waals surface area contributed by atoms with Crippen molar-refractivity contribution in [3.63, 3.8) is 0 Å². The van der Waals surface area contributed by atoms with Gasteiger partial charge < -0.3 is 20.9 Å². The molecule has 2 unspecified atom stereocenters. The number of carboxylic acids is 1. The van der Waals surface area contributed by atoms with E-state index >= 15 is 0 Å². The van der Waals surface area contributed by atoms with Crippen LogP contribution in [0.2, 0.25) is 0 Å². The molecule has 0 rings (SSSR count). The van der Waals surface area contributed by atoms with Gasteiger partial charge in [0.25, 0.3) is 0 Å². The number of esters is 1. The second-order valence-electron chi connectivity index (χ2n) is 13.7. The van der Waals surface area contributed by atoms with Gasteiger partial charge >= 0.3 is 11.9 Å². The highest BCUT2D eigenvalue weighted by molar-refractivity contribution is 5.83. The van der Waals surface area contributed by atoms with E-state index in [9.17, 15) is 19.5 Å². The molecule has 50 heavy (non-hydrogen) atoms. The summed E-state index contributed by atoms with van der Waals surface area (Å²) in [6.07, 6.45) is 44.5. The molecule has 0 aliphatic heterocycles. The molecule has 0 saturated heterocycles. The molecule has 0 saturated carbocycles. The highest BCUT2D eigenvalue weighted by Gasteiger charge is 2.19. The average molecular weight is 701 g/mol. The molecule has 7 nitrogen and oxygen atoms in total. The number of aliphatic carboxylic acids is 1. The first-order valence-electron chi connectivity index (χ1n) is 20.5. The van der Waals surface area contributed by atoms with Crippen LogP contribution in [0.1, 0.15) is 187 Å². The Kier molecular flexibility index (Phi) is 35.6. The molecule has 0 aliphatic rings. The lowest BCUT2D eigenvalue weighted by Gasteiger charge is -2.15. The predicted molar refractivity (Wildman–Crippen MR) is 211 cm³/mol. The summed E-state index contributed by atoms with van der Waals surface area (Å²) in [7, 11) is 0. The highest BCUT2D eigenvalue weighted by atomic mass is 16.5. The van der Waals surface area contributed by atoms with Gasteiger partial charge in [0.2, 0.25) is 5.91 Å². The summed E-state index contributed by atoms with van der Waals surface area (Å²) in [5, 5.41) is 11.9. The van der Waals surface area contributed by atoms with E-state index in [0.29, 0.717) is 38.6 Å². The van der Waals surface area contributed by atoms with Crippen molar-refractivity contribution in [3.05, 3.63) is 48.6 Å². The van der Waals surface area contributed by atoms with Crippen LogP contribution in [0.25, 0.3) is 0 Å². The van der Waals surface area contributed by atoms with E-state index in [2.05, 4.69) is 67.8 Å². The maximum Gasteiger partial charge on any atom is 0.326 e. The maximum absolute atomic E-state index is 12.7. The smallest absolute Gasteiger partial charge is 0.326 e. The number of amides is 1. The molecular formula is C43H76N2O5. The summed E-state index contributed by atoms with van der Waals surface area (Å²) in [4.78, 5) is 36.3. The number of hydrogen-bond acceptors (Lipinski definition) is 5. The minimum atomic E-state index is -1.02. The molecule has 0 radical (unpaired) electrons. The van der Waals surface area contributed by atoms with Gasteiger partial charge in [-0.2, -0.15) is 0 Å². The fraction of sp³-hybridized carbons (Fsp3) is 0.744. The molecule has 0 bridgehead atoms. The maximum atomic E-state index is 12.7. The summed E-state index contributed by atoms with van der Waals surface area (Å²) in [5.74, 6) is -1.34. The molecule has 2 atom stereocenters. The van der Waals surface area contributed by atoms with Crippen molar-refractivity contribution < 1.29 is 24.2 Å². The Hall–Kier alpha value is -2.67. The van der Waals surface area contributed by atoms with E-state index in [1.165, 1.54) is 70.6 Å². The van der Waals surface area contributed by atoms with Gasteiger partial charge in [0.15, 0.2) is 0 Å². The molecule has 0 aromatic carbocycles. The number of carboxylic acid groups (broad SMARTS) is 1. The zero-order valence-electron chi connectivity index (χ0n) is 32.2. The number of nitrogens with one attached hydrogen (secondary N) is 1. The van der Waals surface area contributed by atoms with Crippen molar-refractivity contribution in [1.82, 2.24) is 5.32 Å². The monoisotopic (exact) mass is 701 g/mol. The standard InChI is InChI=1S/C43H76N2O5/c1-3-5-7-9-11-13-14-15-16-17-18-19-20-21-23-25-31-37-42(47)50-39(33-28-24-22-12-10-8-6-4-2)34-29-26-27-30-36-41(46)45-40(43(48)49)35-32-38-44/h5,7,11,13,15-16,28,33,39-40H,3-4,6,8-10,12,14,17-27,29-32,34-38,44H2,1-2H3,(H,45,46)(H,48,49)/b7-5-,13-11-,16-15-,33-28-. The third kappa shape index (κ3) is 33.8. The largest absolute Gasteiger partial charge is 0.480 e. The molecule has 0 aromatic heterocycles. The second-order valence-corrected chi connectivity index (χ2v) is 13.7. The number of carbonyl (C=O) groups excluding carboxylic acids is 2. The summed E-state index contributed by atoms with van der Waals surface area (Å²) in [6.45, 7) is 4.80. The van der Waals surface area contributed by atoms with E-state index < -0.39 is 12.0 Å². The number of carbonyl (C=O) groups is 3. The van der Waals surface area contributed by atoms with E-state index in [1.54, 1.807) is 0 Å². The first-order valence-corrected chi connectivity index (χ1v) is 20.5. The second kappa shape index (κ2) is 37.6. The lowest BCUT2D eigenvalue weighted by molar-refractivity contribution is -0.147. The number of allylic oxidation sites excluding steroid dienone is 7. The molecule has 0 aromatic rings. The van der Waals surface area contributed by atoms with Crippen molar-refractivity contribution in [1.29, 1.82) is 0 Å². The van der Waals surface area contributed by atoms with E-state index in [-0.39, 0.29) is 18.0 Å². The van der Waals surface area contributed by atoms with Crippen molar-refractivity contribution in [2.75, 3.05) is 6.54 Å². The van der Waals surface area contributed by atoms with Gasteiger partial charge in [-0.1, -0.05) is 133 Å². The Balaban J connectivity index is 4.29. The van der Waals surface area contributed by atoms with Crippen LogP contribution >= 0.6 is 0 Å². The van der Waals surface area contributed by atoms with E-state index in [1.807, 2.05) is 0 Å². The molecule has 0 aliphatic carbocycles. The lowest BCUT2D eigenvalue weighted by atomic mass is 10.1.